The SMILES string of the molecule is COc1ccc(C)cc1C(O)CNCC(C)N(C)C. The number of aliphatic hydroxyl groups excluding tert-OH is 1. The van der Waals surface area contributed by atoms with E-state index in [-0.39, 0.29) is 0 Å². The molecular formula is C15H26N2O2. The highest BCUT2D eigenvalue weighted by atomic mass is 16.5. The van der Waals surface area contributed by atoms with Crippen LogP contribution >= 0.6 is 0 Å². The van der Waals surface area contributed by atoms with Crippen LogP contribution in [0, 0.1) is 6.92 Å². The Balaban J connectivity index is 2.58. The van der Waals surface area contributed by atoms with Gasteiger partial charge in [0.1, 0.15) is 5.75 Å². The van der Waals surface area contributed by atoms with Gasteiger partial charge in [-0.15, -0.1) is 0 Å². The Bertz CT molecular complexity index is 394. The van der Waals surface area contributed by atoms with Crippen LogP contribution in [-0.2, 0) is 0 Å². The molecule has 0 aromatic heterocycles. The zero-order chi connectivity index (χ0) is 14.4. The lowest BCUT2D eigenvalue weighted by Crippen LogP contribution is -2.37. The lowest BCUT2D eigenvalue weighted by atomic mass is 10.1. The van der Waals surface area contributed by atoms with Crippen LogP contribution in [0.2, 0.25) is 0 Å². The molecular weight excluding hydrogens is 240 g/mol. The van der Waals surface area contributed by atoms with E-state index in [1.165, 1.54) is 0 Å². The zero-order valence-electron chi connectivity index (χ0n) is 12.6. The third-order valence-electron chi connectivity index (χ3n) is 3.40. The van der Waals surface area contributed by atoms with Gasteiger partial charge in [-0.05, 0) is 40.1 Å². The molecule has 0 bridgehead atoms. The zero-order valence-corrected chi connectivity index (χ0v) is 12.6. The van der Waals surface area contributed by atoms with Crippen LogP contribution < -0.4 is 10.1 Å². The number of rotatable bonds is 7. The topological polar surface area (TPSA) is 44.7 Å². The minimum Gasteiger partial charge on any atom is -0.496 e. The second-order valence-electron chi connectivity index (χ2n) is 5.23. The second kappa shape index (κ2) is 7.48. The number of ether oxygens (including phenoxy) is 1. The molecule has 2 unspecified atom stereocenters. The Morgan fingerprint density at radius 3 is 2.58 bits per heavy atom. The fraction of sp³-hybridized carbons (Fsp3) is 0.600. The lowest BCUT2D eigenvalue weighted by Gasteiger charge is -2.22. The van der Waals surface area contributed by atoms with Crippen molar-refractivity contribution in [1.29, 1.82) is 0 Å². The summed E-state index contributed by atoms with van der Waals surface area (Å²) < 4.78 is 5.29. The summed E-state index contributed by atoms with van der Waals surface area (Å²) >= 11 is 0. The van der Waals surface area contributed by atoms with Gasteiger partial charge < -0.3 is 20.1 Å². The van der Waals surface area contributed by atoms with Gasteiger partial charge >= 0.3 is 0 Å². The van der Waals surface area contributed by atoms with E-state index in [1.807, 2.05) is 39.2 Å². The Kier molecular flexibility index (Phi) is 6.28. The molecule has 0 radical (unpaired) electrons. The summed E-state index contributed by atoms with van der Waals surface area (Å²) in [5, 5.41) is 13.5. The maximum absolute atomic E-state index is 10.3. The van der Waals surface area contributed by atoms with Gasteiger partial charge in [0.25, 0.3) is 0 Å². The van der Waals surface area contributed by atoms with Crippen molar-refractivity contribution in [1.82, 2.24) is 10.2 Å². The van der Waals surface area contributed by atoms with E-state index in [1.54, 1.807) is 7.11 Å². The lowest BCUT2D eigenvalue weighted by molar-refractivity contribution is 0.166. The quantitative estimate of drug-likeness (QED) is 0.786. The van der Waals surface area contributed by atoms with Crippen molar-refractivity contribution >= 4 is 0 Å². The van der Waals surface area contributed by atoms with Gasteiger partial charge in [0, 0.05) is 24.7 Å². The predicted molar refractivity (Wildman–Crippen MR) is 78.7 cm³/mol. The number of nitrogens with zero attached hydrogens (tertiary/aromatic N) is 1. The van der Waals surface area contributed by atoms with Crippen molar-refractivity contribution in [3.63, 3.8) is 0 Å². The van der Waals surface area contributed by atoms with Gasteiger partial charge in [0.15, 0.2) is 0 Å². The molecule has 2 N–H and O–H groups in total. The van der Waals surface area contributed by atoms with Crippen molar-refractivity contribution in [2.45, 2.75) is 26.0 Å². The number of hydrogen-bond donors (Lipinski definition) is 2. The number of hydrogen-bond acceptors (Lipinski definition) is 4. The van der Waals surface area contributed by atoms with Crippen molar-refractivity contribution < 1.29 is 9.84 Å². The summed E-state index contributed by atoms with van der Waals surface area (Å²) in [5.41, 5.74) is 1.96. The van der Waals surface area contributed by atoms with Gasteiger partial charge in [-0.25, -0.2) is 0 Å². The van der Waals surface area contributed by atoms with E-state index >= 15 is 0 Å². The fourth-order valence-corrected chi connectivity index (χ4v) is 1.84. The first kappa shape index (κ1) is 16.0. The maximum Gasteiger partial charge on any atom is 0.124 e. The van der Waals surface area contributed by atoms with Crippen molar-refractivity contribution in [2.24, 2.45) is 0 Å². The number of aliphatic hydroxyl groups is 1. The Morgan fingerprint density at radius 1 is 1.32 bits per heavy atom. The Hall–Kier alpha value is -1.10. The largest absolute Gasteiger partial charge is 0.496 e. The Morgan fingerprint density at radius 2 is 2.00 bits per heavy atom. The average molecular weight is 266 g/mol. The Labute approximate surface area is 116 Å². The molecule has 1 aromatic carbocycles. The molecule has 0 saturated heterocycles. The highest BCUT2D eigenvalue weighted by Crippen LogP contribution is 2.25. The van der Waals surface area contributed by atoms with Crippen LogP contribution in [0.25, 0.3) is 0 Å². The summed E-state index contributed by atoms with van der Waals surface area (Å²) in [7, 11) is 5.72. The summed E-state index contributed by atoms with van der Waals surface area (Å²) in [4.78, 5) is 2.15. The number of aryl methyl sites for hydroxylation is 1. The molecule has 0 aliphatic rings. The molecule has 4 nitrogen and oxygen atoms in total. The number of nitrogens with one attached hydrogen (secondary N) is 1. The van der Waals surface area contributed by atoms with Crippen molar-refractivity contribution in [2.75, 3.05) is 34.3 Å². The first-order valence-corrected chi connectivity index (χ1v) is 6.65. The summed E-state index contributed by atoms with van der Waals surface area (Å²) in [6.07, 6.45) is -0.552. The number of methoxy groups -OCH3 is 1. The molecule has 0 fully saturated rings. The van der Waals surface area contributed by atoms with E-state index in [4.69, 9.17) is 4.74 Å². The van der Waals surface area contributed by atoms with Gasteiger partial charge in [0.2, 0.25) is 0 Å². The molecule has 0 saturated carbocycles. The summed E-state index contributed by atoms with van der Waals surface area (Å²) in [5.74, 6) is 0.737. The van der Waals surface area contributed by atoms with Crippen LogP contribution in [0.4, 0.5) is 0 Å². The summed E-state index contributed by atoms with van der Waals surface area (Å²) in [6, 6.07) is 6.29. The maximum atomic E-state index is 10.3. The van der Waals surface area contributed by atoms with Crippen molar-refractivity contribution in [3.8, 4) is 5.75 Å². The van der Waals surface area contributed by atoms with E-state index in [2.05, 4.69) is 17.1 Å². The first-order valence-electron chi connectivity index (χ1n) is 6.65. The monoisotopic (exact) mass is 266 g/mol. The van der Waals surface area contributed by atoms with E-state index in [9.17, 15) is 5.11 Å². The average Bonchev–Trinajstić information content (AvgIpc) is 2.38. The molecule has 19 heavy (non-hydrogen) atoms. The molecule has 1 aromatic rings. The smallest absolute Gasteiger partial charge is 0.124 e. The highest BCUT2D eigenvalue weighted by Gasteiger charge is 2.14. The van der Waals surface area contributed by atoms with E-state index < -0.39 is 6.10 Å². The standard InChI is InChI=1S/C15H26N2O2/c1-11-6-7-15(19-5)13(8-11)14(18)10-16-9-12(2)17(3)4/h6-8,12,14,16,18H,9-10H2,1-5H3. The molecule has 2 atom stereocenters. The third kappa shape index (κ3) is 4.82. The fourth-order valence-electron chi connectivity index (χ4n) is 1.84. The molecule has 108 valence electrons. The minimum absolute atomic E-state index is 0.437. The molecule has 1 rings (SSSR count). The third-order valence-corrected chi connectivity index (χ3v) is 3.40. The van der Waals surface area contributed by atoms with Gasteiger partial charge in [-0.1, -0.05) is 11.6 Å². The predicted octanol–water partition coefficient (Wildman–Crippen LogP) is 1.58. The molecule has 0 aliphatic heterocycles. The van der Waals surface area contributed by atoms with Crippen LogP contribution in [0.5, 0.6) is 5.75 Å². The van der Waals surface area contributed by atoms with Gasteiger partial charge in [-0.2, -0.15) is 0 Å². The molecule has 0 spiro atoms. The molecule has 0 amide bonds. The van der Waals surface area contributed by atoms with Crippen LogP contribution in [0.1, 0.15) is 24.2 Å². The summed E-state index contributed by atoms with van der Waals surface area (Å²) in [6.45, 7) is 5.53. The van der Waals surface area contributed by atoms with Crippen LogP contribution in [0.15, 0.2) is 18.2 Å². The van der Waals surface area contributed by atoms with Gasteiger partial charge in [-0.3, -0.25) is 0 Å². The molecule has 0 heterocycles. The highest BCUT2D eigenvalue weighted by molar-refractivity contribution is 5.38. The number of benzene rings is 1. The molecule has 0 aliphatic carbocycles. The minimum atomic E-state index is -0.552. The number of likely N-dealkylation sites (N-methyl/N-ethyl adjacent to an activating group) is 1. The van der Waals surface area contributed by atoms with E-state index in [0.29, 0.717) is 12.6 Å². The van der Waals surface area contributed by atoms with Crippen LogP contribution in [-0.4, -0.2) is 50.3 Å². The first-order chi connectivity index (χ1) is 8.95. The van der Waals surface area contributed by atoms with Crippen molar-refractivity contribution in [3.05, 3.63) is 29.3 Å². The van der Waals surface area contributed by atoms with Gasteiger partial charge in [0.05, 0.1) is 13.2 Å². The van der Waals surface area contributed by atoms with E-state index in [0.717, 1.165) is 23.4 Å². The van der Waals surface area contributed by atoms with Crippen LogP contribution in [0.3, 0.4) is 0 Å². The normalized spacial score (nSPS) is 14.5. The second-order valence-corrected chi connectivity index (χ2v) is 5.23. The molecule has 4 heteroatoms.